The van der Waals surface area contributed by atoms with Crippen molar-refractivity contribution in [2.45, 2.75) is 24.9 Å². The lowest BCUT2D eigenvalue weighted by molar-refractivity contribution is -0.145. The van der Waals surface area contributed by atoms with Gasteiger partial charge >= 0.3 is 5.97 Å². The van der Waals surface area contributed by atoms with Gasteiger partial charge in [0, 0.05) is 12.6 Å². The monoisotopic (exact) mass is 198 g/mol. The van der Waals surface area contributed by atoms with Crippen molar-refractivity contribution in [1.82, 2.24) is 10.2 Å². The summed E-state index contributed by atoms with van der Waals surface area (Å²) < 4.78 is 4.81. The summed E-state index contributed by atoms with van der Waals surface area (Å²) >= 11 is 0. The van der Waals surface area contributed by atoms with E-state index >= 15 is 0 Å². The van der Waals surface area contributed by atoms with Gasteiger partial charge in [0.2, 0.25) is 0 Å². The van der Waals surface area contributed by atoms with E-state index in [2.05, 4.69) is 10.2 Å². The Hall–Kier alpha value is -0.610. The molecule has 14 heavy (non-hydrogen) atoms. The van der Waals surface area contributed by atoms with Gasteiger partial charge in [0.1, 0.15) is 6.04 Å². The van der Waals surface area contributed by atoms with Crippen molar-refractivity contribution in [3.05, 3.63) is 0 Å². The molecule has 2 aliphatic heterocycles. The zero-order valence-electron chi connectivity index (χ0n) is 8.82. The molecule has 80 valence electrons. The van der Waals surface area contributed by atoms with Crippen LogP contribution in [0.4, 0.5) is 0 Å². The lowest BCUT2D eigenvalue weighted by Gasteiger charge is -2.30. The molecule has 0 saturated carbocycles. The van der Waals surface area contributed by atoms with Gasteiger partial charge in [-0.2, -0.15) is 0 Å². The van der Waals surface area contributed by atoms with E-state index in [1.807, 2.05) is 7.05 Å². The van der Waals surface area contributed by atoms with Crippen LogP contribution in [0.5, 0.6) is 0 Å². The number of esters is 1. The van der Waals surface area contributed by atoms with Crippen LogP contribution in [0.15, 0.2) is 0 Å². The maximum absolute atomic E-state index is 11.5. The number of piperidine rings is 1. The molecule has 4 heteroatoms. The lowest BCUT2D eigenvalue weighted by Crippen LogP contribution is -2.47. The van der Waals surface area contributed by atoms with Gasteiger partial charge < -0.3 is 10.1 Å². The van der Waals surface area contributed by atoms with Crippen molar-refractivity contribution >= 4 is 5.97 Å². The molecule has 3 atom stereocenters. The summed E-state index contributed by atoms with van der Waals surface area (Å²) in [6.45, 7) is 2.09. The first kappa shape index (κ1) is 9.93. The number of likely N-dealkylation sites (N-methyl/N-ethyl adjacent to an activating group) is 1. The Morgan fingerprint density at radius 2 is 2.36 bits per heavy atom. The van der Waals surface area contributed by atoms with E-state index in [9.17, 15) is 4.79 Å². The highest BCUT2D eigenvalue weighted by Crippen LogP contribution is 2.32. The minimum atomic E-state index is -0.0816. The van der Waals surface area contributed by atoms with Crippen molar-refractivity contribution in [2.75, 3.05) is 27.2 Å². The number of ether oxygens (including phenoxy) is 1. The van der Waals surface area contributed by atoms with E-state index < -0.39 is 0 Å². The predicted octanol–water partition coefficient (Wildman–Crippen LogP) is -0.158. The molecule has 0 bridgehead atoms. The molecule has 0 aliphatic carbocycles. The molecule has 0 amide bonds. The van der Waals surface area contributed by atoms with Crippen LogP contribution in [-0.4, -0.2) is 50.2 Å². The van der Waals surface area contributed by atoms with Crippen LogP contribution < -0.4 is 5.32 Å². The van der Waals surface area contributed by atoms with Crippen LogP contribution in [0.1, 0.15) is 12.8 Å². The molecule has 0 aromatic rings. The minimum absolute atomic E-state index is 0.0186. The van der Waals surface area contributed by atoms with Gasteiger partial charge in [0.25, 0.3) is 0 Å². The van der Waals surface area contributed by atoms with Gasteiger partial charge in [0.15, 0.2) is 0 Å². The first-order chi connectivity index (χ1) is 6.74. The average molecular weight is 198 g/mol. The molecular weight excluding hydrogens is 180 g/mol. The highest BCUT2D eigenvalue weighted by molar-refractivity contribution is 5.76. The number of hydrogen-bond acceptors (Lipinski definition) is 4. The van der Waals surface area contributed by atoms with E-state index in [-0.39, 0.29) is 12.0 Å². The number of nitrogens with one attached hydrogen (secondary N) is 1. The third-order valence-electron chi connectivity index (χ3n) is 3.60. The SMILES string of the molecule is COC(=O)C1CC2CCNCC2N1C. The predicted molar refractivity (Wildman–Crippen MR) is 52.9 cm³/mol. The molecule has 4 nitrogen and oxygen atoms in total. The Bertz CT molecular complexity index is 232. The Labute approximate surface area is 84.6 Å². The molecule has 2 saturated heterocycles. The number of nitrogens with zero attached hydrogens (tertiary/aromatic N) is 1. The summed E-state index contributed by atoms with van der Waals surface area (Å²) in [4.78, 5) is 13.7. The van der Waals surface area contributed by atoms with Gasteiger partial charge in [-0.15, -0.1) is 0 Å². The highest BCUT2D eigenvalue weighted by atomic mass is 16.5. The van der Waals surface area contributed by atoms with Crippen LogP contribution >= 0.6 is 0 Å². The van der Waals surface area contributed by atoms with Crippen molar-refractivity contribution < 1.29 is 9.53 Å². The molecule has 1 N–H and O–H groups in total. The summed E-state index contributed by atoms with van der Waals surface area (Å²) in [7, 11) is 3.50. The van der Waals surface area contributed by atoms with Crippen molar-refractivity contribution in [3.8, 4) is 0 Å². The topological polar surface area (TPSA) is 41.6 Å². The van der Waals surface area contributed by atoms with Gasteiger partial charge in [0.05, 0.1) is 7.11 Å². The minimum Gasteiger partial charge on any atom is -0.468 e. The summed E-state index contributed by atoms with van der Waals surface area (Å²) in [5, 5.41) is 3.37. The second-order valence-corrected chi connectivity index (χ2v) is 4.26. The first-order valence-corrected chi connectivity index (χ1v) is 5.24. The van der Waals surface area contributed by atoms with Gasteiger partial charge in [-0.1, -0.05) is 0 Å². The molecule has 0 spiro atoms. The Balaban J connectivity index is 2.06. The van der Waals surface area contributed by atoms with Crippen LogP contribution in [0.25, 0.3) is 0 Å². The highest BCUT2D eigenvalue weighted by Gasteiger charge is 2.43. The maximum atomic E-state index is 11.5. The fraction of sp³-hybridized carbons (Fsp3) is 0.900. The number of fused-ring (bicyclic) bond motifs is 1. The number of carbonyl (C=O) groups is 1. The average Bonchev–Trinajstić information content (AvgIpc) is 2.56. The van der Waals surface area contributed by atoms with E-state index in [4.69, 9.17) is 4.74 Å². The zero-order valence-corrected chi connectivity index (χ0v) is 8.82. The largest absolute Gasteiger partial charge is 0.468 e. The molecule has 3 unspecified atom stereocenters. The summed E-state index contributed by atoms with van der Waals surface area (Å²) in [6.07, 6.45) is 2.15. The van der Waals surface area contributed by atoms with E-state index in [1.165, 1.54) is 13.5 Å². The molecular formula is C10H18N2O2. The number of rotatable bonds is 1. The molecule has 0 radical (unpaired) electrons. The van der Waals surface area contributed by atoms with Crippen molar-refractivity contribution in [2.24, 2.45) is 5.92 Å². The first-order valence-electron chi connectivity index (χ1n) is 5.24. The summed E-state index contributed by atoms with van der Waals surface area (Å²) in [5.41, 5.74) is 0. The summed E-state index contributed by atoms with van der Waals surface area (Å²) in [6, 6.07) is 0.503. The Morgan fingerprint density at radius 3 is 3.00 bits per heavy atom. The van der Waals surface area contributed by atoms with Crippen LogP contribution in [-0.2, 0) is 9.53 Å². The fourth-order valence-electron chi connectivity index (χ4n) is 2.73. The normalized spacial score (nSPS) is 38.0. The number of carbonyl (C=O) groups excluding carboxylic acids is 1. The molecule has 2 rings (SSSR count). The van der Waals surface area contributed by atoms with Crippen molar-refractivity contribution in [1.29, 1.82) is 0 Å². The number of methoxy groups -OCH3 is 1. The van der Waals surface area contributed by atoms with Crippen molar-refractivity contribution in [3.63, 3.8) is 0 Å². The van der Waals surface area contributed by atoms with Gasteiger partial charge in [-0.3, -0.25) is 9.69 Å². The molecule has 2 heterocycles. The second-order valence-electron chi connectivity index (χ2n) is 4.26. The van der Waals surface area contributed by atoms with Crippen LogP contribution in [0.3, 0.4) is 0 Å². The molecule has 0 aromatic heterocycles. The van der Waals surface area contributed by atoms with E-state index in [0.29, 0.717) is 12.0 Å². The lowest BCUT2D eigenvalue weighted by atomic mass is 9.92. The Morgan fingerprint density at radius 1 is 1.57 bits per heavy atom. The van der Waals surface area contributed by atoms with Gasteiger partial charge in [-0.25, -0.2) is 0 Å². The zero-order chi connectivity index (χ0) is 10.1. The third-order valence-corrected chi connectivity index (χ3v) is 3.60. The van der Waals surface area contributed by atoms with Crippen LogP contribution in [0, 0.1) is 5.92 Å². The number of hydrogen-bond donors (Lipinski definition) is 1. The van der Waals surface area contributed by atoms with Crippen LogP contribution in [0.2, 0.25) is 0 Å². The third kappa shape index (κ3) is 1.53. The van der Waals surface area contributed by atoms with E-state index in [0.717, 1.165) is 19.5 Å². The standard InChI is InChI=1S/C10H18N2O2/c1-12-8(10(13)14-2)5-7-3-4-11-6-9(7)12/h7-9,11H,3-6H2,1-2H3. The summed E-state index contributed by atoms with van der Waals surface area (Å²) in [5.74, 6) is 0.590. The maximum Gasteiger partial charge on any atom is 0.323 e. The molecule has 2 fully saturated rings. The Kier molecular flexibility index (Phi) is 2.74. The van der Waals surface area contributed by atoms with E-state index in [1.54, 1.807) is 0 Å². The number of likely N-dealkylation sites (tertiary alicyclic amines) is 1. The van der Waals surface area contributed by atoms with Gasteiger partial charge in [-0.05, 0) is 32.4 Å². The fourth-order valence-corrected chi connectivity index (χ4v) is 2.73. The molecule has 2 aliphatic rings. The smallest absolute Gasteiger partial charge is 0.323 e. The second kappa shape index (κ2) is 3.87. The quantitative estimate of drug-likeness (QED) is 0.595. The molecule has 0 aromatic carbocycles.